The lowest BCUT2D eigenvalue weighted by Crippen LogP contribution is -2.49. The van der Waals surface area contributed by atoms with E-state index in [0.717, 1.165) is 24.1 Å². The summed E-state index contributed by atoms with van der Waals surface area (Å²) in [6.07, 6.45) is 6.89. The number of carbonyl (C=O) groups is 3. The van der Waals surface area contributed by atoms with Gasteiger partial charge in [0.05, 0.1) is 25.0 Å². The Hall–Kier alpha value is -2.49. The van der Waals surface area contributed by atoms with Crippen LogP contribution in [0.3, 0.4) is 0 Å². The van der Waals surface area contributed by atoms with E-state index in [1.54, 1.807) is 6.92 Å². The topological polar surface area (TPSA) is 151 Å². The molecule has 35 heavy (non-hydrogen) atoms. The van der Waals surface area contributed by atoms with E-state index in [1.165, 1.54) is 32.1 Å². The minimum Gasteiger partial charge on any atom is -0.481 e. The van der Waals surface area contributed by atoms with E-state index < -0.39 is 17.9 Å². The number of carboxylic acids is 1. The predicted octanol–water partition coefficient (Wildman–Crippen LogP) is 2.05. The van der Waals surface area contributed by atoms with Gasteiger partial charge < -0.3 is 16.6 Å². The van der Waals surface area contributed by atoms with Crippen molar-refractivity contribution in [2.45, 2.75) is 70.5 Å². The molecule has 2 aliphatic rings. The summed E-state index contributed by atoms with van der Waals surface area (Å²) in [4.78, 5) is 42.0. The molecular weight excluding hydrogens is 470 g/mol. The molecule has 3 rings (SSSR count). The molecule has 2 fully saturated rings. The summed E-state index contributed by atoms with van der Waals surface area (Å²) < 4.78 is 0. The first kappa shape index (κ1) is 28.7. The molecule has 1 aliphatic carbocycles. The third-order valence-corrected chi connectivity index (χ3v) is 6.96. The van der Waals surface area contributed by atoms with Gasteiger partial charge in [-0.1, -0.05) is 56.4 Å². The molecular formula is C25H38ClN5O4. The van der Waals surface area contributed by atoms with Gasteiger partial charge in [0.1, 0.15) is 5.84 Å². The molecule has 1 heterocycles. The Balaban J connectivity index is 0.00000432. The molecule has 1 saturated carbocycles. The van der Waals surface area contributed by atoms with Gasteiger partial charge in [-0.3, -0.25) is 29.6 Å². The van der Waals surface area contributed by atoms with Crippen molar-refractivity contribution < 1.29 is 19.5 Å². The average molecular weight is 508 g/mol. The van der Waals surface area contributed by atoms with Crippen LogP contribution in [-0.4, -0.2) is 58.8 Å². The van der Waals surface area contributed by atoms with Crippen molar-refractivity contribution in [3.05, 3.63) is 35.4 Å². The number of rotatable bonds is 9. The van der Waals surface area contributed by atoms with Gasteiger partial charge in [0.15, 0.2) is 0 Å². The molecule has 9 nitrogen and oxygen atoms in total. The number of likely N-dealkylation sites (tertiary alicyclic amines) is 1. The maximum Gasteiger partial charge on any atom is 0.305 e. The molecule has 1 aliphatic heterocycles. The Morgan fingerprint density at radius 2 is 1.80 bits per heavy atom. The highest BCUT2D eigenvalue weighted by atomic mass is 35.5. The number of benzene rings is 1. The number of amides is 2. The van der Waals surface area contributed by atoms with E-state index in [4.69, 9.17) is 16.6 Å². The van der Waals surface area contributed by atoms with E-state index in [1.807, 2.05) is 24.3 Å². The smallest absolute Gasteiger partial charge is 0.305 e. The van der Waals surface area contributed by atoms with Gasteiger partial charge in [-0.05, 0) is 30.7 Å². The van der Waals surface area contributed by atoms with Crippen LogP contribution in [0.1, 0.15) is 63.0 Å². The molecule has 194 valence electrons. The highest BCUT2D eigenvalue weighted by Gasteiger charge is 2.40. The van der Waals surface area contributed by atoms with Crippen LogP contribution in [0.5, 0.6) is 0 Å². The first-order valence-corrected chi connectivity index (χ1v) is 12.2. The highest BCUT2D eigenvalue weighted by Crippen LogP contribution is 2.38. The number of nitrogens with zero attached hydrogens (tertiary/aromatic N) is 2. The quantitative estimate of drug-likeness (QED) is 0.295. The maximum atomic E-state index is 13.0. The number of amidine groups is 1. The zero-order valence-electron chi connectivity index (χ0n) is 20.3. The van der Waals surface area contributed by atoms with Crippen molar-refractivity contribution in [3.8, 4) is 0 Å². The van der Waals surface area contributed by atoms with Gasteiger partial charge in [-0.2, -0.15) is 0 Å². The van der Waals surface area contributed by atoms with E-state index in [9.17, 15) is 14.4 Å². The standard InChI is InChI=1S/C25H37N5O4.ClH/c1-16(26)24(33)29-25(34)21-13-20(18-5-3-2-4-6-18)15-30(21)14-17-7-9-19(10-8-17)23(27)28-12-11-22(31)32;/h7-10,16,18,20-21H,2-6,11-15,26H2,1H3,(H2,27,28)(H,31,32)(H,29,33,34);1H/t16-,20?,21-;/m0./s1. The number of carbonyl (C=O) groups excluding carboxylic acids is 2. The van der Waals surface area contributed by atoms with Crippen LogP contribution in [-0.2, 0) is 20.9 Å². The van der Waals surface area contributed by atoms with Gasteiger partial charge in [0.25, 0.3) is 0 Å². The van der Waals surface area contributed by atoms with Gasteiger partial charge in [-0.25, -0.2) is 0 Å². The van der Waals surface area contributed by atoms with E-state index >= 15 is 0 Å². The molecule has 1 unspecified atom stereocenters. The molecule has 0 radical (unpaired) electrons. The number of halogens is 1. The summed E-state index contributed by atoms with van der Waals surface area (Å²) in [6, 6.07) is 6.52. The predicted molar refractivity (Wildman–Crippen MR) is 137 cm³/mol. The molecule has 0 bridgehead atoms. The summed E-state index contributed by atoms with van der Waals surface area (Å²) in [7, 11) is 0. The minimum atomic E-state index is -0.912. The second kappa shape index (κ2) is 13.6. The van der Waals surface area contributed by atoms with Crippen LogP contribution in [0.15, 0.2) is 29.3 Å². The molecule has 0 spiro atoms. The van der Waals surface area contributed by atoms with Crippen LogP contribution in [0, 0.1) is 11.8 Å². The first-order chi connectivity index (χ1) is 16.2. The Morgan fingerprint density at radius 1 is 1.14 bits per heavy atom. The zero-order chi connectivity index (χ0) is 24.7. The summed E-state index contributed by atoms with van der Waals surface area (Å²) in [5.41, 5.74) is 13.4. The lowest BCUT2D eigenvalue weighted by Gasteiger charge is -2.27. The van der Waals surface area contributed by atoms with Crippen LogP contribution in [0.4, 0.5) is 0 Å². The van der Waals surface area contributed by atoms with Gasteiger partial charge in [0, 0.05) is 18.7 Å². The molecule has 1 aromatic carbocycles. The van der Waals surface area contributed by atoms with Crippen molar-refractivity contribution in [1.82, 2.24) is 10.2 Å². The van der Waals surface area contributed by atoms with E-state index in [2.05, 4.69) is 15.2 Å². The largest absolute Gasteiger partial charge is 0.481 e. The normalized spacial score (nSPS) is 22.3. The maximum absolute atomic E-state index is 13.0. The molecule has 2 amide bonds. The van der Waals surface area contributed by atoms with Crippen molar-refractivity contribution >= 4 is 36.0 Å². The zero-order valence-corrected chi connectivity index (χ0v) is 21.1. The first-order valence-electron chi connectivity index (χ1n) is 12.2. The third kappa shape index (κ3) is 8.30. The van der Waals surface area contributed by atoms with Crippen molar-refractivity contribution in [2.75, 3.05) is 13.1 Å². The number of hydrogen-bond acceptors (Lipinski definition) is 6. The Morgan fingerprint density at radius 3 is 2.40 bits per heavy atom. The Bertz CT molecular complexity index is 900. The van der Waals surface area contributed by atoms with Gasteiger partial charge in [-0.15, -0.1) is 12.4 Å². The lowest BCUT2D eigenvalue weighted by atomic mass is 9.79. The molecule has 1 saturated heterocycles. The summed E-state index contributed by atoms with van der Waals surface area (Å²) >= 11 is 0. The number of aliphatic imine (C=N–C) groups is 1. The van der Waals surface area contributed by atoms with Crippen molar-refractivity contribution in [1.29, 1.82) is 0 Å². The SMILES string of the molecule is C[C@H](N)C(=O)NC(=O)[C@@H]1CC(C2CCCCC2)CN1Cc1ccc(C(N)=NCCC(=O)O)cc1.Cl. The lowest BCUT2D eigenvalue weighted by molar-refractivity contribution is -0.137. The Kier molecular flexibility index (Phi) is 11.1. The molecule has 0 aromatic heterocycles. The minimum absolute atomic E-state index is 0. The van der Waals surface area contributed by atoms with Crippen LogP contribution < -0.4 is 16.8 Å². The average Bonchev–Trinajstić information content (AvgIpc) is 3.23. The molecule has 1 aromatic rings. The second-order valence-electron chi connectivity index (χ2n) is 9.59. The molecule has 10 heteroatoms. The number of imide groups is 1. The summed E-state index contributed by atoms with van der Waals surface area (Å²) in [6.45, 7) is 3.12. The van der Waals surface area contributed by atoms with Crippen LogP contribution >= 0.6 is 12.4 Å². The van der Waals surface area contributed by atoms with Crippen LogP contribution in [0.2, 0.25) is 0 Å². The fourth-order valence-corrected chi connectivity index (χ4v) is 5.03. The number of carboxylic acid groups (broad SMARTS) is 1. The number of nitrogens with one attached hydrogen (secondary N) is 1. The Labute approximate surface area is 213 Å². The number of hydrogen-bond donors (Lipinski definition) is 4. The van der Waals surface area contributed by atoms with E-state index in [-0.39, 0.29) is 37.3 Å². The fraction of sp³-hybridized carbons (Fsp3) is 0.600. The highest BCUT2D eigenvalue weighted by molar-refractivity contribution is 6.00. The summed E-state index contributed by atoms with van der Waals surface area (Å²) in [5, 5.41) is 11.2. The van der Waals surface area contributed by atoms with Crippen LogP contribution in [0.25, 0.3) is 0 Å². The van der Waals surface area contributed by atoms with Crippen molar-refractivity contribution in [3.63, 3.8) is 0 Å². The molecule has 3 atom stereocenters. The monoisotopic (exact) mass is 507 g/mol. The van der Waals surface area contributed by atoms with Gasteiger partial charge in [0.2, 0.25) is 11.8 Å². The van der Waals surface area contributed by atoms with Gasteiger partial charge >= 0.3 is 5.97 Å². The summed E-state index contributed by atoms with van der Waals surface area (Å²) in [5.74, 6) is -0.261. The second-order valence-corrected chi connectivity index (χ2v) is 9.59. The number of nitrogens with two attached hydrogens (primary N) is 2. The molecule has 6 N–H and O–H groups in total. The van der Waals surface area contributed by atoms with Crippen molar-refractivity contribution in [2.24, 2.45) is 28.3 Å². The van der Waals surface area contributed by atoms with E-state index in [0.29, 0.717) is 24.2 Å². The number of aliphatic carboxylic acids is 1. The fourth-order valence-electron chi connectivity index (χ4n) is 5.03. The third-order valence-electron chi connectivity index (χ3n) is 6.96.